The number of carbonyl (C=O) groups excluding carboxylic acids is 1. The molecule has 0 aromatic heterocycles. The Hall–Kier alpha value is -0.610. The van der Waals surface area contributed by atoms with Crippen molar-refractivity contribution in [3.63, 3.8) is 0 Å². The standard InChI is InChI=1S/C8H15NO3/c1-5(2)7(9)8(10)12-6-3-11-4-6/h5-7H,3-4,9H2,1-2H3/t7-/m1/s1. The first-order chi connectivity index (χ1) is 5.61. The van der Waals surface area contributed by atoms with E-state index in [-0.39, 0.29) is 18.0 Å². The Morgan fingerprint density at radius 2 is 2.17 bits per heavy atom. The van der Waals surface area contributed by atoms with Crippen molar-refractivity contribution in [2.45, 2.75) is 26.0 Å². The van der Waals surface area contributed by atoms with Gasteiger partial charge in [0.15, 0.2) is 0 Å². The maximum atomic E-state index is 11.2. The van der Waals surface area contributed by atoms with Crippen LogP contribution in [0, 0.1) is 5.92 Å². The van der Waals surface area contributed by atoms with Crippen molar-refractivity contribution >= 4 is 5.97 Å². The zero-order chi connectivity index (χ0) is 9.14. The van der Waals surface area contributed by atoms with E-state index in [0.29, 0.717) is 13.2 Å². The molecule has 0 bridgehead atoms. The number of rotatable bonds is 3. The zero-order valence-electron chi connectivity index (χ0n) is 7.45. The SMILES string of the molecule is CC(C)[C@@H](N)C(=O)OC1COC1. The van der Waals surface area contributed by atoms with Crippen LogP contribution in [0.3, 0.4) is 0 Å². The number of carbonyl (C=O) groups is 1. The highest BCUT2D eigenvalue weighted by molar-refractivity contribution is 5.76. The molecule has 70 valence electrons. The number of ether oxygens (including phenoxy) is 2. The van der Waals surface area contributed by atoms with Crippen LogP contribution in [0.2, 0.25) is 0 Å². The molecule has 0 aromatic carbocycles. The molecule has 1 heterocycles. The lowest BCUT2D eigenvalue weighted by atomic mass is 10.1. The summed E-state index contributed by atoms with van der Waals surface area (Å²) >= 11 is 0. The molecule has 2 N–H and O–H groups in total. The number of esters is 1. The summed E-state index contributed by atoms with van der Waals surface area (Å²) in [4.78, 5) is 11.2. The first-order valence-electron chi connectivity index (χ1n) is 4.15. The van der Waals surface area contributed by atoms with Crippen LogP contribution >= 0.6 is 0 Å². The van der Waals surface area contributed by atoms with E-state index in [1.807, 2.05) is 13.8 Å². The Morgan fingerprint density at radius 1 is 1.58 bits per heavy atom. The van der Waals surface area contributed by atoms with E-state index < -0.39 is 6.04 Å². The maximum Gasteiger partial charge on any atom is 0.323 e. The average molecular weight is 173 g/mol. The van der Waals surface area contributed by atoms with Crippen molar-refractivity contribution in [1.82, 2.24) is 0 Å². The molecular weight excluding hydrogens is 158 g/mol. The number of nitrogens with two attached hydrogens (primary N) is 1. The van der Waals surface area contributed by atoms with E-state index in [1.54, 1.807) is 0 Å². The van der Waals surface area contributed by atoms with Gasteiger partial charge in [0.25, 0.3) is 0 Å². The van der Waals surface area contributed by atoms with Crippen LogP contribution in [0.4, 0.5) is 0 Å². The summed E-state index contributed by atoms with van der Waals surface area (Å²) in [6.07, 6.45) is -0.0673. The van der Waals surface area contributed by atoms with E-state index in [2.05, 4.69) is 0 Å². The minimum atomic E-state index is -0.509. The minimum absolute atomic E-state index is 0.0673. The molecule has 1 atom stereocenters. The van der Waals surface area contributed by atoms with Crippen molar-refractivity contribution in [2.75, 3.05) is 13.2 Å². The van der Waals surface area contributed by atoms with E-state index in [9.17, 15) is 4.79 Å². The quantitative estimate of drug-likeness (QED) is 0.606. The molecule has 12 heavy (non-hydrogen) atoms. The van der Waals surface area contributed by atoms with Crippen molar-refractivity contribution < 1.29 is 14.3 Å². The largest absolute Gasteiger partial charge is 0.456 e. The van der Waals surface area contributed by atoms with Crippen LogP contribution < -0.4 is 5.73 Å². The first kappa shape index (κ1) is 9.48. The summed E-state index contributed by atoms with van der Waals surface area (Å²) < 4.78 is 9.88. The van der Waals surface area contributed by atoms with Crippen molar-refractivity contribution in [3.8, 4) is 0 Å². The predicted molar refractivity (Wildman–Crippen MR) is 43.5 cm³/mol. The molecular formula is C8H15NO3. The fourth-order valence-electron chi connectivity index (χ4n) is 0.797. The molecule has 1 rings (SSSR count). The highest BCUT2D eigenvalue weighted by Crippen LogP contribution is 2.08. The topological polar surface area (TPSA) is 61.6 Å². The highest BCUT2D eigenvalue weighted by Gasteiger charge is 2.26. The third kappa shape index (κ3) is 2.19. The lowest BCUT2D eigenvalue weighted by molar-refractivity contribution is -0.174. The fourth-order valence-corrected chi connectivity index (χ4v) is 0.797. The van der Waals surface area contributed by atoms with E-state index in [4.69, 9.17) is 15.2 Å². The van der Waals surface area contributed by atoms with Gasteiger partial charge in [0.2, 0.25) is 0 Å². The second-order valence-electron chi connectivity index (χ2n) is 3.37. The molecule has 0 spiro atoms. The smallest absolute Gasteiger partial charge is 0.323 e. The molecule has 1 fully saturated rings. The monoisotopic (exact) mass is 173 g/mol. The van der Waals surface area contributed by atoms with Gasteiger partial charge in [-0.2, -0.15) is 0 Å². The van der Waals surface area contributed by atoms with E-state index in [1.165, 1.54) is 0 Å². The van der Waals surface area contributed by atoms with Crippen molar-refractivity contribution in [2.24, 2.45) is 11.7 Å². The average Bonchev–Trinajstić information content (AvgIpc) is 1.94. The van der Waals surface area contributed by atoms with Gasteiger partial charge in [-0.05, 0) is 5.92 Å². The Balaban J connectivity index is 2.26. The number of hydrogen-bond acceptors (Lipinski definition) is 4. The molecule has 1 aliphatic rings. The Labute approximate surface area is 72.0 Å². The van der Waals surface area contributed by atoms with Gasteiger partial charge in [0, 0.05) is 0 Å². The third-order valence-corrected chi connectivity index (χ3v) is 1.88. The lowest BCUT2D eigenvalue weighted by Crippen LogP contribution is -2.44. The molecule has 0 aliphatic carbocycles. The molecule has 0 amide bonds. The molecule has 0 saturated carbocycles. The maximum absolute atomic E-state index is 11.2. The van der Waals surface area contributed by atoms with Gasteiger partial charge >= 0.3 is 5.97 Å². The summed E-state index contributed by atoms with van der Waals surface area (Å²) in [6.45, 7) is 4.81. The van der Waals surface area contributed by atoms with Gasteiger partial charge in [0.1, 0.15) is 12.1 Å². The molecule has 4 heteroatoms. The van der Waals surface area contributed by atoms with Gasteiger partial charge in [-0.25, -0.2) is 0 Å². The Bertz CT molecular complexity index is 166. The van der Waals surface area contributed by atoms with Gasteiger partial charge in [-0.1, -0.05) is 13.8 Å². The van der Waals surface area contributed by atoms with E-state index >= 15 is 0 Å². The summed E-state index contributed by atoms with van der Waals surface area (Å²) in [5.74, 6) is -0.197. The van der Waals surface area contributed by atoms with Crippen LogP contribution in [-0.2, 0) is 14.3 Å². The molecule has 4 nitrogen and oxygen atoms in total. The van der Waals surface area contributed by atoms with Crippen molar-refractivity contribution in [1.29, 1.82) is 0 Å². The molecule has 0 aromatic rings. The Kier molecular flexibility index (Phi) is 3.05. The normalized spacial score (nSPS) is 20.3. The molecule has 0 radical (unpaired) electrons. The third-order valence-electron chi connectivity index (χ3n) is 1.88. The summed E-state index contributed by atoms with van der Waals surface area (Å²) in [5, 5.41) is 0. The first-order valence-corrected chi connectivity index (χ1v) is 4.15. The molecule has 1 saturated heterocycles. The van der Waals surface area contributed by atoms with Crippen LogP contribution in [0.5, 0.6) is 0 Å². The number of hydrogen-bond donors (Lipinski definition) is 1. The van der Waals surface area contributed by atoms with Crippen molar-refractivity contribution in [3.05, 3.63) is 0 Å². The minimum Gasteiger partial charge on any atom is -0.456 e. The summed E-state index contributed by atoms with van der Waals surface area (Å²) in [6, 6.07) is -0.509. The van der Waals surface area contributed by atoms with Gasteiger partial charge < -0.3 is 15.2 Å². The Morgan fingerprint density at radius 3 is 2.50 bits per heavy atom. The van der Waals surface area contributed by atoms with Crippen LogP contribution in [0.15, 0.2) is 0 Å². The molecule has 0 unspecified atom stereocenters. The second kappa shape index (κ2) is 3.87. The van der Waals surface area contributed by atoms with Crippen LogP contribution in [0.1, 0.15) is 13.8 Å². The predicted octanol–water partition coefficient (Wildman–Crippen LogP) is -0.0883. The van der Waals surface area contributed by atoms with Gasteiger partial charge in [-0.15, -0.1) is 0 Å². The zero-order valence-corrected chi connectivity index (χ0v) is 7.45. The second-order valence-corrected chi connectivity index (χ2v) is 3.37. The lowest BCUT2D eigenvalue weighted by Gasteiger charge is -2.27. The van der Waals surface area contributed by atoms with E-state index in [0.717, 1.165) is 0 Å². The van der Waals surface area contributed by atoms with Gasteiger partial charge in [0.05, 0.1) is 13.2 Å². The van der Waals surface area contributed by atoms with Gasteiger partial charge in [-0.3, -0.25) is 4.79 Å². The van der Waals surface area contributed by atoms with Crippen LogP contribution in [0.25, 0.3) is 0 Å². The van der Waals surface area contributed by atoms with Crippen LogP contribution in [-0.4, -0.2) is 31.3 Å². The fraction of sp³-hybridized carbons (Fsp3) is 0.875. The summed E-state index contributed by atoms with van der Waals surface area (Å²) in [5.41, 5.74) is 5.57. The summed E-state index contributed by atoms with van der Waals surface area (Å²) in [7, 11) is 0. The molecule has 1 aliphatic heterocycles. The highest BCUT2D eigenvalue weighted by atomic mass is 16.6.